The molecule has 1 aromatic rings. The van der Waals surface area contributed by atoms with Gasteiger partial charge in [0.1, 0.15) is 5.82 Å². The van der Waals surface area contributed by atoms with Crippen molar-refractivity contribution in [2.75, 3.05) is 13.2 Å². The lowest BCUT2D eigenvalue weighted by Gasteiger charge is -2.23. The SMILES string of the molecule is Cc1cc(F)ccc1CN1CCC[C@@H]1CO. The van der Waals surface area contributed by atoms with Gasteiger partial charge in [-0.1, -0.05) is 6.07 Å². The topological polar surface area (TPSA) is 23.5 Å². The van der Waals surface area contributed by atoms with Gasteiger partial charge in [-0.3, -0.25) is 4.90 Å². The molecule has 0 saturated carbocycles. The molecule has 1 heterocycles. The fourth-order valence-corrected chi connectivity index (χ4v) is 2.37. The molecule has 0 amide bonds. The molecule has 1 saturated heterocycles. The highest BCUT2D eigenvalue weighted by molar-refractivity contribution is 5.26. The number of aryl methyl sites for hydroxylation is 1. The number of aliphatic hydroxyl groups is 1. The highest BCUT2D eigenvalue weighted by Gasteiger charge is 2.23. The van der Waals surface area contributed by atoms with Crippen molar-refractivity contribution in [2.24, 2.45) is 0 Å². The van der Waals surface area contributed by atoms with Crippen LogP contribution in [0.4, 0.5) is 4.39 Å². The van der Waals surface area contributed by atoms with Crippen molar-refractivity contribution in [3.05, 3.63) is 35.1 Å². The van der Waals surface area contributed by atoms with Crippen LogP contribution >= 0.6 is 0 Å². The van der Waals surface area contributed by atoms with E-state index in [-0.39, 0.29) is 18.5 Å². The number of nitrogens with zero attached hydrogens (tertiary/aromatic N) is 1. The fourth-order valence-electron chi connectivity index (χ4n) is 2.37. The van der Waals surface area contributed by atoms with Gasteiger partial charge in [-0.25, -0.2) is 4.39 Å². The van der Waals surface area contributed by atoms with E-state index in [0.29, 0.717) is 0 Å². The number of halogens is 1. The van der Waals surface area contributed by atoms with E-state index in [2.05, 4.69) is 4.90 Å². The molecule has 0 aromatic heterocycles. The predicted octanol–water partition coefficient (Wildman–Crippen LogP) is 2.09. The van der Waals surface area contributed by atoms with E-state index in [1.165, 1.54) is 6.07 Å². The average Bonchev–Trinajstić information content (AvgIpc) is 2.69. The molecular weight excluding hydrogens is 205 g/mol. The van der Waals surface area contributed by atoms with Gasteiger partial charge in [0.05, 0.1) is 6.61 Å². The van der Waals surface area contributed by atoms with E-state index < -0.39 is 0 Å². The number of likely N-dealkylation sites (tertiary alicyclic amines) is 1. The molecule has 0 radical (unpaired) electrons. The summed E-state index contributed by atoms with van der Waals surface area (Å²) >= 11 is 0. The first kappa shape index (κ1) is 11.6. The van der Waals surface area contributed by atoms with Crippen molar-refractivity contribution in [3.8, 4) is 0 Å². The van der Waals surface area contributed by atoms with Crippen LogP contribution in [-0.4, -0.2) is 29.2 Å². The second-order valence-electron chi connectivity index (χ2n) is 4.52. The fraction of sp³-hybridized carbons (Fsp3) is 0.538. The largest absolute Gasteiger partial charge is 0.395 e. The average molecular weight is 223 g/mol. The standard InChI is InChI=1S/C13H18FNO/c1-10-7-12(14)5-4-11(10)8-15-6-2-3-13(15)9-16/h4-5,7,13,16H,2-3,6,8-9H2,1H3/t13-/m1/s1. The maximum Gasteiger partial charge on any atom is 0.123 e. The van der Waals surface area contributed by atoms with Gasteiger partial charge in [-0.15, -0.1) is 0 Å². The molecule has 0 spiro atoms. The van der Waals surface area contributed by atoms with Crippen LogP contribution < -0.4 is 0 Å². The normalized spacial score (nSPS) is 21.6. The third kappa shape index (κ3) is 2.42. The Balaban J connectivity index is 2.08. The summed E-state index contributed by atoms with van der Waals surface area (Å²) in [7, 11) is 0. The first-order valence-corrected chi connectivity index (χ1v) is 5.80. The number of aliphatic hydroxyl groups excluding tert-OH is 1. The molecule has 88 valence electrons. The smallest absolute Gasteiger partial charge is 0.123 e. The monoisotopic (exact) mass is 223 g/mol. The summed E-state index contributed by atoms with van der Waals surface area (Å²) in [4.78, 5) is 2.28. The zero-order valence-electron chi connectivity index (χ0n) is 9.62. The van der Waals surface area contributed by atoms with Gasteiger partial charge in [0.25, 0.3) is 0 Å². The maximum atomic E-state index is 13.0. The van der Waals surface area contributed by atoms with Crippen LogP contribution in [0.2, 0.25) is 0 Å². The number of rotatable bonds is 3. The molecule has 0 unspecified atom stereocenters. The van der Waals surface area contributed by atoms with E-state index in [4.69, 9.17) is 0 Å². The van der Waals surface area contributed by atoms with Crippen molar-refractivity contribution in [1.82, 2.24) is 4.90 Å². The summed E-state index contributed by atoms with van der Waals surface area (Å²) in [6.45, 7) is 4.00. The minimum absolute atomic E-state index is 0.179. The van der Waals surface area contributed by atoms with Gasteiger partial charge in [0.2, 0.25) is 0 Å². The van der Waals surface area contributed by atoms with Crippen LogP contribution in [-0.2, 0) is 6.54 Å². The van der Waals surface area contributed by atoms with Crippen molar-refractivity contribution in [1.29, 1.82) is 0 Å². The molecule has 1 aromatic carbocycles. The molecule has 1 N–H and O–H groups in total. The minimum Gasteiger partial charge on any atom is -0.395 e. The van der Waals surface area contributed by atoms with E-state index >= 15 is 0 Å². The lowest BCUT2D eigenvalue weighted by atomic mass is 10.1. The second-order valence-corrected chi connectivity index (χ2v) is 4.52. The van der Waals surface area contributed by atoms with Crippen LogP contribution in [0.5, 0.6) is 0 Å². The molecule has 1 aliphatic heterocycles. The van der Waals surface area contributed by atoms with Crippen molar-refractivity contribution in [2.45, 2.75) is 32.4 Å². The van der Waals surface area contributed by atoms with Crippen molar-refractivity contribution in [3.63, 3.8) is 0 Å². The lowest BCUT2D eigenvalue weighted by molar-refractivity contribution is 0.153. The number of benzene rings is 1. The molecule has 3 heteroatoms. The zero-order valence-corrected chi connectivity index (χ0v) is 9.62. The van der Waals surface area contributed by atoms with Crippen LogP contribution in [0.1, 0.15) is 24.0 Å². The van der Waals surface area contributed by atoms with Gasteiger partial charge in [-0.05, 0) is 49.6 Å². The summed E-state index contributed by atoms with van der Waals surface area (Å²) in [5.41, 5.74) is 2.14. The third-order valence-electron chi connectivity index (χ3n) is 3.39. The van der Waals surface area contributed by atoms with Gasteiger partial charge >= 0.3 is 0 Å². The van der Waals surface area contributed by atoms with Crippen molar-refractivity contribution < 1.29 is 9.50 Å². The summed E-state index contributed by atoms with van der Waals surface area (Å²) < 4.78 is 13.0. The van der Waals surface area contributed by atoms with E-state index in [0.717, 1.165) is 37.1 Å². The van der Waals surface area contributed by atoms with Crippen molar-refractivity contribution >= 4 is 0 Å². The van der Waals surface area contributed by atoms with E-state index in [1.54, 1.807) is 6.07 Å². The number of hydrogen-bond donors (Lipinski definition) is 1. The molecule has 16 heavy (non-hydrogen) atoms. The molecular formula is C13H18FNO. The Morgan fingerprint density at radius 3 is 3.00 bits per heavy atom. The van der Waals surface area contributed by atoms with Gasteiger partial charge in [-0.2, -0.15) is 0 Å². The molecule has 1 aliphatic rings. The first-order chi connectivity index (χ1) is 7.70. The second kappa shape index (κ2) is 4.93. The Bertz CT molecular complexity index is 367. The number of hydrogen-bond acceptors (Lipinski definition) is 2. The third-order valence-corrected chi connectivity index (χ3v) is 3.39. The molecule has 1 fully saturated rings. The maximum absolute atomic E-state index is 13.0. The van der Waals surface area contributed by atoms with Gasteiger partial charge in [0.15, 0.2) is 0 Å². The summed E-state index contributed by atoms with van der Waals surface area (Å²) in [5, 5.41) is 9.23. The predicted molar refractivity (Wildman–Crippen MR) is 61.7 cm³/mol. The summed E-state index contributed by atoms with van der Waals surface area (Å²) in [5.74, 6) is -0.179. The minimum atomic E-state index is -0.179. The van der Waals surface area contributed by atoms with Crippen LogP contribution in [0.25, 0.3) is 0 Å². The quantitative estimate of drug-likeness (QED) is 0.848. The molecule has 0 bridgehead atoms. The Kier molecular flexibility index (Phi) is 3.56. The Labute approximate surface area is 95.7 Å². The lowest BCUT2D eigenvalue weighted by Crippen LogP contribution is -2.31. The van der Waals surface area contributed by atoms with Gasteiger partial charge < -0.3 is 5.11 Å². The zero-order chi connectivity index (χ0) is 11.5. The summed E-state index contributed by atoms with van der Waals surface area (Å²) in [6.07, 6.45) is 2.21. The highest BCUT2D eigenvalue weighted by Crippen LogP contribution is 2.21. The van der Waals surface area contributed by atoms with Gasteiger partial charge in [0, 0.05) is 12.6 Å². The van der Waals surface area contributed by atoms with Crippen LogP contribution in [0.15, 0.2) is 18.2 Å². The summed E-state index contributed by atoms with van der Waals surface area (Å²) in [6, 6.07) is 5.20. The van der Waals surface area contributed by atoms with Crippen LogP contribution in [0.3, 0.4) is 0 Å². The first-order valence-electron chi connectivity index (χ1n) is 5.80. The van der Waals surface area contributed by atoms with Crippen LogP contribution in [0, 0.1) is 12.7 Å². The van der Waals surface area contributed by atoms with E-state index in [1.807, 2.05) is 13.0 Å². The highest BCUT2D eigenvalue weighted by atomic mass is 19.1. The van der Waals surface area contributed by atoms with E-state index in [9.17, 15) is 9.50 Å². The Hall–Kier alpha value is -0.930. The molecule has 0 aliphatic carbocycles. The molecule has 2 nitrogen and oxygen atoms in total. The Morgan fingerprint density at radius 2 is 2.31 bits per heavy atom. The molecule has 1 atom stereocenters. The Morgan fingerprint density at radius 1 is 1.50 bits per heavy atom. The molecule has 2 rings (SSSR count).